The molecular formula is C21H15F3N4O4. The molecule has 2 heterocycles. The number of nitrogens with one attached hydrogen (secondary N) is 3. The molecule has 3 N–H and O–H groups in total. The topological polar surface area (TPSA) is 113 Å². The number of hydrogen-bond acceptors (Lipinski definition) is 4. The van der Waals surface area contributed by atoms with Gasteiger partial charge in [-0.1, -0.05) is 35.9 Å². The lowest BCUT2D eigenvalue weighted by Crippen LogP contribution is -2.62. The Hall–Kier alpha value is -4.15. The van der Waals surface area contributed by atoms with Gasteiger partial charge in [-0.3, -0.25) is 19.4 Å². The first kappa shape index (κ1) is 21.1. The minimum absolute atomic E-state index is 0.105. The van der Waals surface area contributed by atoms with Gasteiger partial charge in [0.1, 0.15) is 11.4 Å². The number of aromatic nitrogens is 2. The Morgan fingerprint density at radius 3 is 2.34 bits per heavy atom. The van der Waals surface area contributed by atoms with E-state index in [-0.39, 0.29) is 11.3 Å². The second-order valence-corrected chi connectivity index (χ2v) is 7.18. The van der Waals surface area contributed by atoms with Crippen LogP contribution in [0.5, 0.6) is 0 Å². The minimum atomic E-state index is -5.41. The fourth-order valence-corrected chi connectivity index (χ4v) is 3.63. The fraction of sp³-hybridized carbons (Fsp3) is 0.143. The number of H-pyrrole nitrogens is 1. The number of nitrogens with zero attached hydrogens (tertiary/aromatic N) is 1. The van der Waals surface area contributed by atoms with Crippen LogP contribution >= 0.6 is 0 Å². The van der Waals surface area contributed by atoms with Crippen molar-refractivity contribution >= 4 is 17.6 Å². The first-order valence-corrected chi connectivity index (χ1v) is 9.29. The highest BCUT2D eigenvalue weighted by molar-refractivity contribution is 6.09. The van der Waals surface area contributed by atoms with Crippen LogP contribution < -0.4 is 21.9 Å². The van der Waals surface area contributed by atoms with Gasteiger partial charge < -0.3 is 10.6 Å². The third kappa shape index (κ3) is 3.09. The van der Waals surface area contributed by atoms with Crippen LogP contribution in [0.2, 0.25) is 0 Å². The first-order valence-electron chi connectivity index (χ1n) is 9.29. The molecule has 2 aromatic carbocycles. The average molecular weight is 444 g/mol. The molecule has 164 valence electrons. The predicted octanol–water partition coefficient (Wildman–Crippen LogP) is 1.97. The monoisotopic (exact) mass is 444 g/mol. The van der Waals surface area contributed by atoms with Gasteiger partial charge in [0.2, 0.25) is 0 Å². The number of aromatic amines is 1. The third-order valence-corrected chi connectivity index (χ3v) is 5.08. The second kappa shape index (κ2) is 7.22. The van der Waals surface area contributed by atoms with Crippen LogP contribution in [0.4, 0.5) is 19.0 Å². The quantitative estimate of drug-likeness (QED) is 0.573. The zero-order valence-electron chi connectivity index (χ0n) is 16.4. The zero-order chi connectivity index (χ0) is 23.3. The third-order valence-electron chi connectivity index (χ3n) is 5.08. The second-order valence-electron chi connectivity index (χ2n) is 7.18. The molecule has 1 aliphatic heterocycles. The van der Waals surface area contributed by atoms with Crippen LogP contribution in [-0.4, -0.2) is 27.5 Å². The molecule has 32 heavy (non-hydrogen) atoms. The number of halogens is 3. The highest BCUT2D eigenvalue weighted by Crippen LogP contribution is 2.45. The highest BCUT2D eigenvalue weighted by atomic mass is 19.4. The van der Waals surface area contributed by atoms with Crippen LogP contribution in [0.25, 0.3) is 5.69 Å². The van der Waals surface area contributed by atoms with Gasteiger partial charge in [0.15, 0.2) is 0 Å². The number of anilines is 1. The van der Waals surface area contributed by atoms with Gasteiger partial charge in [-0.25, -0.2) is 9.36 Å². The van der Waals surface area contributed by atoms with Crippen molar-refractivity contribution in [2.45, 2.75) is 18.6 Å². The number of alkyl halides is 3. The summed E-state index contributed by atoms with van der Waals surface area (Å²) in [6.45, 7) is 1.64. The SMILES string of the molecule is Cc1cccc(C(=O)NC2(C(F)(F)F)C(=O)Nc3c2c(=O)[nH]c(=O)n3-c2ccccc2)c1. The van der Waals surface area contributed by atoms with E-state index in [1.54, 1.807) is 24.4 Å². The zero-order valence-corrected chi connectivity index (χ0v) is 16.4. The van der Waals surface area contributed by atoms with Crippen LogP contribution in [0, 0.1) is 6.92 Å². The summed E-state index contributed by atoms with van der Waals surface area (Å²) in [5, 5.41) is 3.69. The van der Waals surface area contributed by atoms with E-state index >= 15 is 0 Å². The van der Waals surface area contributed by atoms with E-state index in [0.29, 0.717) is 5.56 Å². The molecule has 1 aromatic heterocycles. The summed E-state index contributed by atoms with van der Waals surface area (Å²) in [4.78, 5) is 52.3. The predicted molar refractivity (Wildman–Crippen MR) is 108 cm³/mol. The van der Waals surface area contributed by atoms with E-state index in [0.717, 1.165) is 4.57 Å². The Morgan fingerprint density at radius 2 is 1.72 bits per heavy atom. The van der Waals surface area contributed by atoms with E-state index < -0.39 is 46.2 Å². The molecule has 0 saturated carbocycles. The molecule has 1 unspecified atom stereocenters. The standard InChI is InChI=1S/C21H15F3N4O4/c1-11-6-5-7-12(10-11)16(29)27-20(21(22,23)24)14-15(25-18(20)31)28(19(32)26-17(14)30)13-8-3-2-4-9-13/h2-10H,1H3,(H,25,31)(H,27,29)(H,26,30,32). The Labute approximate surface area is 177 Å². The number of fused-ring (bicyclic) bond motifs is 1. The number of para-hydroxylation sites is 1. The van der Waals surface area contributed by atoms with Crippen molar-refractivity contribution in [1.82, 2.24) is 14.9 Å². The number of amides is 2. The van der Waals surface area contributed by atoms with Gasteiger partial charge in [-0.05, 0) is 31.2 Å². The molecule has 3 aromatic rings. The molecule has 1 atom stereocenters. The Morgan fingerprint density at radius 1 is 1.03 bits per heavy atom. The van der Waals surface area contributed by atoms with Gasteiger partial charge in [0.25, 0.3) is 22.9 Å². The Kier molecular flexibility index (Phi) is 4.76. The van der Waals surface area contributed by atoms with Crippen molar-refractivity contribution < 1.29 is 22.8 Å². The van der Waals surface area contributed by atoms with Crippen molar-refractivity contribution in [2.24, 2.45) is 0 Å². The molecule has 0 fully saturated rings. The average Bonchev–Trinajstić information content (AvgIpc) is 3.02. The maximum absolute atomic E-state index is 14.4. The maximum atomic E-state index is 14.4. The summed E-state index contributed by atoms with van der Waals surface area (Å²) < 4.78 is 43.9. The number of carbonyl (C=O) groups excluding carboxylic acids is 2. The first-order chi connectivity index (χ1) is 15.1. The lowest BCUT2D eigenvalue weighted by atomic mass is 9.91. The normalized spacial score (nSPS) is 17.6. The lowest BCUT2D eigenvalue weighted by Gasteiger charge is -2.30. The molecule has 0 saturated heterocycles. The van der Waals surface area contributed by atoms with E-state index in [2.05, 4.69) is 0 Å². The molecule has 0 bridgehead atoms. The molecule has 4 rings (SSSR count). The minimum Gasteiger partial charge on any atom is -0.326 e. The molecule has 11 heteroatoms. The molecule has 8 nitrogen and oxygen atoms in total. The maximum Gasteiger partial charge on any atom is 0.425 e. The Bertz CT molecular complexity index is 1360. The molecular weight excluding hydrogens is 429 g/mol. The van der Waals surface area contributed by atoms with E-state index in [4.69, 9.17) is 0 Å². The van der Waals surface area contributed by atoms with Crippen LogP contribution in [0.15, 0.2) is 64.2 Å². The van der Waals surface area contributed by atoms with Gasteiger partial charge >= 0.3 is 11.9 Å². The van der Waals surface area contributed by atoms with Gasteiger partial charge in [-0.15, -0.1) is 0 Å². The Balaban J connectivity index is 1.98. The largest absolute Gasteiger partial charge is 0.425 e. The van der Waals surface area contributed by atoms with Gasteiger partial charge in [-0.2, -0.15) is 13.2 Å². The summed E-state index contributed by atoms with van der Waals surface area (Å²) in [7, 11) is 0. The van der Waals surface area contributed by atoms with Crippen molar-refractivity contribution in [1.29, 1.82) is 0 Å². The molecule has 1 aliphatic rings. The molecule has 2 amide bonds. The van der Waals surface area contributed by atoms with E-state index in [9.17, 15) is 32.3 Å². The van der Waals surface area contributed by atoms with Crippen molar-refractivity contribution in [3.63, 3.8) is 0 Å². The van der Waals surface area contributed by atoms with Crippen molar-refractivity contribution in [2.75, 3.05) is 5.32 Å². The number of benzene rings is 2. The van der Waals surface area contributed by atoms with Crippen molar-refractivity contribution in [3.05, 3.63) is 92.1 Å². The number of rotatable bonds is 3. The summed E-state index contributed by atoms with van der Waals surface area (Å²) in [5.74, 6) is -3.59. The smallest absolute Gasteiger partial charge is 0.326 e. The lowest BCUT2D eigenvalue weighted by molar-refractivity contribution is -0.196. The van der Waals surface area contributed by atoms with Gasteiger partial charge in [0, 0.05) is 5.56 Å². The summed E-state index contributed by atoms with van der Waals surface area (Å²) in [5.41, 5.74) is -6.76. The summed E-state index contributed by atoms with van der Waals surface area (Å²) in [6.07, 6.45) is -5.41. The van der Waals surface area contributed by atoms with Gasteiger partial charge in [0.05, 0.1) is 5.69 Å². The van der Waals surface area contributed by atoms with E-state index in [1.807, 2.05) is 10.3 Å². The van der Waals surface area contributed by atoms with Crippen LogP contribution in [-0.2, 0) is 10.3 Å². The highest BCUT2D eigenvalue weighted by Gasteiger charge is 2.68. The number of hydrogen-bond donors (Lipinski definition) is 3. The molecule has 0 spiro atoms. The molecule has 0 aliphatic carbocycles. The summed E-state index contributed by atoms with van der Waals surface area (Å²) >= 11 is 0. The van der Waals surface area contributed by atoms with E-state index in [1.165, 1.54) is 42.5 Å². The van der Waals surface area contributed by atoms with Crippen LogP contribution in [0.3, 0.4) is 0 Å². The fourth-order valence-electron chi connectivity index (χ4n) is 3.63. The van der Waals surface area contributed by atoms with Crippen LogP contribution in [0.1, 0.15) is 21.5 Å². The number of carbonyl (C=O) groups is 2. The summed E-state index contributed by atoms with van der Waals surface area (Å²) in [6, 6.07) is 13.2. The number of aryl methyl sites for hydroxylation is 1. The van der Waals surface area contributed by atoms with Crippen molar-refractivity contribution in [3.8, 4) is 5.69 Å². The molecule has 0 radical (unpaired) electrons.